The molecule has 1 heteroatoms. The molecule has 0 aromatic heterocycles. The van der Waals surface area contributed by atoms with Crippen LogP contribution in [0.25, 0.3) is 0 Å². The van der Waals surface area contributed by atoms with E-state index in [2.05, 4.69) is 32.5 Å². The van der Waals surface area contributed by atoms with Crippen LogP contribution in [0, 0.1) is 17.3 Å². The number of hydrogen-bond donors (Lipinski definition) is 0. The maximum atomic E-state index is 2.63. The van der Waals surface area contributed by atoms with Gasteiger partial charge in [-0.25, -0.2) is 0 Å². The van der Waals surface area contributed by atoms with E-state index in [4.69, 9.17) is 0 Å². The largest absolute Gasteiger partial charge is 0.158 e. The molecule has 0 bridgehead atoms. The molecule has 2 fully saturated rings. The number of rotatable bonds is 2. The summed E-state index contributed by atoms with van der Waals surface area (Å²) in [5.41, 5.74) is 0.634. The van der Waals surface area contributed by atoms with E-state index in [1.165, 1.54) is 76.4 Å². The highest BCUT2D eigenvalue weighted by molar-refractivity contribution is 8.00. The second kappa shape index (κ2) is 8.11. The maximum Gasteiger partial charge on any atom is 0.0104 e. The topological polar surface area (TPSA) is 0 Å². The van der Waals surface area contributed by atoms with Crippen molar-refractivity contribution in [2.75, 3.05) is 5.75 Å². The summed E-state index contributed by atoms with van der Waals surface area (Å²) in [7, 11) is 0. The first-order valence-electron chi connectivity index (χ1n) is 9.23. The molecule has 1 heterocycles. The smallest absolute Gasteiger partial charge is 0.0104 e. The molecule has 1 aliphatic carbocycles. The van der Waals surface area contributed by atoms with Crippen molar-refractivity contribution in [3.05, 3.63) is 0 Å². The monoisotopic (exact) mass is 296 g/mol. The molecule has 0 spiro atoms. The highest BCUT2D eigenvalue weighted by Gasteiger charge is 2.37. The van der Waals surface area contributed by atoms with Gasteiger partial charge in [0.05, 0.1) is 0 Å². The van der Waals surface area contributed by atoms with Gasteiger partial charge in [-0.3, -0.25) is 0 Å². The van der Waals surface area contributed by atoms with Gasteiger partial charge in [-0.05, 0) is 48.7 Å². The lowest BCUT2D eigenvalue weighted by molar-refractivity contribution is 0.197. The Balaban J connectivity index is 1.97. The number of thioether (sulfide) groups is 1. The molecule has 0 aromatic rings. The third-order valence-corrected chi connectivity index (χ3v) is 7.68. The van der Waals surface area contributed by atoms with Crippen molar-refractivity contribution in [3.63, 3.8) is 0 Å². The summed E-state index contributed by atoms with van der Waals surface area (Å²) in [5.74, 6) is 3.30. The van der Waals surface area contributed by atoms with Crippen LogP contribution >= 0.6 is 11.8 Å². The van der Waals surface area contributed by atoms with Crippen molar-refractivity contribution < 1.29 is 0 Å². The summed E-state index contributed by atoms with van der Waals surface area (Å²) in [4.78, 5) is 0. The van der Waals surface area contributed by atoms with Gasteiger partial charge in [0.25, 0.3) is 0 Å². The van der Waals surface area contributed by atoms with Gasteiger partial charge in [0.2, 0.25) is 0 Å². The minimum absolute atomic E-state index is 0.634. The lowest BCUT2D eigenvalue weighted by Gasteiger charge is -2.43. The summed E-state index contributed by atoms with van der Waals surface area (Å²) in [6.45, 7) is 7.51. The molecular formula is C19H36S. The van der Waals surface area contributed by atoms with E-state index in [9.17, 15) is 0 Å². The predicted octanol–water partition coefficient (Wildman–Crippen LogP) is 6.69. The standard InChI is InChI=1S/C19H36S/c1-16(2)17-11-14-20-18(15-17)19(3)12-9-7-5-4-6-8-10-13-19/h16-18H,4-15H2,1-3H3. The minimum Gasteiger partial charge on any atom is -0.158 e. The van der Waals surface area contributed by atoms with Crippen LogP contribution in [0.3, 0.4) is 0 Å². The molecule has 0 radical (unpaired) electrons. The summed E-state index contributed by atoms with van der Waals surface area (Å²) in [6.07, 6.45) is 16.4. The molecule has 0 N–H and O–H groups in total. The molecule has 1 saturated heterocycles. The zero-order valence-corrected chi connectivity index (χ0v) is 14.9. The predicted molar refractivity (Wildman–Crippen MR) is 93.5 cm³/mol. The van der Waals surface area contributed by atoms with Crippen molar-refractivity contribution in [2.24, 2.45) is 17.3 Å². The summed E-state index contributed by atoms with van der Waals surface area (Å²) in [5, 5.41) is 0.947. The van der Waals surface area contributed by atoms with Gasteiger partial charge in [-0.2, -0.15) is 11.8 Å². The molecule has 0 nitrogen and oxygen atoms in total. The summed E-state index contributed by atoms with van der Waals surface area (Å²) in [6, 6.07) is 0. The molecule has 2 aliphatic rings. The van der Waals surface area contributed by atoms with Gasteiger partial charge in [0.15, 0.2) is 0 Å². The van der Waals surface area contributed by atoms with E-state index in [0.29, 0.717) is 5.41 Å². The molecule has 0 aromatic carbocycles. The second-order valence-corrected chi connectivity index (χ2v) is 9.33. The van der Waals surface area contributed by atoms with Crippen LogP contribution in [-0.2, 0) is 0 Å². The zero-order chi connectivity index (χ0) is 14.4. The Morgan fingerprint density at radius 3 is 2.00 bits per heavy atom. The first-order chi connectivity index (χ1) is 9.62. The number of hydrogen-bond acceptors (Lipinski definition) is 1. The lowest BCUT2D eigenvalue weighted by Crippen LogP contribution is -2.36. The van der Waals surface area contributed by atoms with Gasteiger partial charge in [-0.15, -0.1) is 0 Å². The average Bonchev–Trinajstić information content (AvgIpc) is 2.46. The fraction of sp³-hybridized carbons (Fsp3) is 1.00. The van der Waals surface area contributed by atoms with E-state index < -0.39 is 0 Å². The van der Waals surface area contributed by atoms with Crippen LogP contribution in [-0.4, -0.2) is 11.0 Å². The van der Waals surface area contributed by atoms with Crippen molar-refractivity contribution in [1.29, 1.82) is 0 Å². The van der Waals surface area contributed by atoms with Crippen molar-refractivity contribution in [1.82, 2.24) is 0 Å². The van der Waals surface area contributed by atoms with Gasteiger partial charge in [0, 0.05) is 5.25 Å². The van der Waals surface area contributed by atoms with Crippen molar-refractivity contribution in [3.8, 4) is 0 Å². The Morgan fingerprint density at radius 2 is 1.45 bits per heavy atom. The summed E-state index contributed by atoms with van der Waals surface area (Å²) >= 11 is 2.32. The van der Waals surface area contributed by atoms with Crippen LogP contribution in [0.15, 0.2) is 0 Å². The molecule has 1 saturated carbocycles. The molecule has 2 unspecified atom stereocenters. The first-order valence-corrected chi connectivity index (χ1v) is 10.3. The molecule has 1 aliphatic heterocycles. The Bertz CT molecular complexity index is 261. The van der Waals surface area contributed by atoms with E-state index >= 15 is 0 Å². The van der Waals surface area contributed by atoms with E-state index in [0.717, 1.165) is 17.1 Å². The van der Waals surface area contributed by atoms with Gasteiger partial charge in [0.1, 0.15) is 0 Å². The van der Waals surface area contributed by atoms with Gasteiger partial charge < -0.3 is 0 Å². The minimum atomic E-state index is 0.634. The Hall–Kier alpha value is 0.350. The molecule has 2 rings (SSSR count). The molecule has 0 amide bonds. The Labute approximate surface area is 131 Å². The van der Waals surface area contributed by atoms with E-state index in [1.54, 1.807) is 0 Å². The van der Waals surface area contributed by atoms with Crippen LogP contribution in [0.1, 0.15) is 91.4 Å². The van der Waals surface area contributed by atoms with Crippen LogP contribution in [0.4, 0.5) is 0 Å². The first kappa shape index (κ1) is 16.7. The highest BCUT2D eigenvalue weighted by atomic mass is 32.2. The Kier molecular flexibility index (Phi) is 6.78. The fourth-order valence-electron chi connectivity index (χ4n) is 4.30. The molecule has 118 valence electrons. The molecular weight excluding hydrogens is 260 g/mol. The highest BCUT2D eigenvalue weighted by Crippen LogP contribution is 2.48. The SMILES string of the molecule is CC(C)C1CCSC(C2(C)CCCCCCCCC2)C1. The maximum absolute atomic E-state index is 2.63. The molecule has 20 heavy (non-hydrogen) atoms. The van der Waals surface area contributed by atoms with E-state index in [-0.39, 0.29) is 0 Å². The quantitative estimate of drug-likeness (QED) is 0.547. The van der Waals surface area contributed by atoms with Crippen molar-refractivity contribution in [2.45, 2.75) is 96.7 Å². The second-order valence-electron chi connectivity index (χ2n) is 8.02. The average molecular weight is 297 g/mol. The third-order valence-electron chi connectivity index (χ3n) is 6.04. The Morgan fingerprint density at radius 1 is 0.900 bits per heavy atom. The normalized spacial score (nSPS) is 33.0. The third kappa shape index (κ3) is 4.68. The zero-order valence-electron chi connectivity index (χ0n) is 14.1. The lowest BCUT2D eigenvalue weighted by atomic mass is 9.72. The van der Waals surface area contributed by atoms with Crippen LogP contribution in [0.2, 0.25) is 0 Å². The fourth-order valence-corrected chi connectivity index (χ4v) is 6.05. The van der Waals surface area contributed by atoms with Gasteiger partial charge >= 0.3 is 0 Å². The molecule has 2 atom stereocenters. The van der Waals surface area contributed by atoms with Crippen LogP contribution in [0.5, 0.6) is 0 Å². The van der Waals surface area contributed by atoms with Gasteiger partial charge in [-0.1, -0.05) is 65.7 Å². The summed E-state index contributed by atoms with van der Waals surface area (Å²) < 4.78 is 0. The van der Waals surface area contributed by atoms with Crippen molar-refractivity contribution >= 4 is 11.8 Å². The van der Waals surface area contributed by atoms with Crippen LogP contribution < -0.4 is 0 Å². The van der Waals surface area contributed by atoms with E-state index in [1.807, 2.05) is 0 Å².